The van der Waals surface area contributed by atoms with Crippen LogP contribution in [0, 0.1) is 0 Å². The molecule has 14 nitrogen and oxygen atoms in total. The minimum Gasteiger partial charge on any atom is -0.465 e. The van der Waals surface area contributed by atoms with E-state index in [0.717, 1.165) is 22.9 Å². The van der Waals surface area contributed by atoms with Gasteiger partial charge in [-0.1, -0.05) is 86.1 Å². The highest BCUT2D eigenvalue weighted by molar-refractivity contribution is 8.00. The summed E-state index contributed by atoms with van der Waals surface area (Å²) >= 11 is 0.811. The molecule has 0 bridgehead atoms. The molecule has 4 aromatic rings. The van der Waals surface area contributed by atoms with Gasteiger partial charge >= 0.3 is 29.6 Å². The Morgan fingerprint density at radius 3 is 1.87 bits per heavy atom. The number of hydrogen-bond donors (Lipinski definition) is 1. The molecule has 0 radical (unpaired) electrons. The number of thioether (sulfide) groups is 1. The number of benzene rings is 3. The summed E-state index contributed by atoms with van der Waals surface area (Å²) in [6.45, 7) is 3.22. The summed E-state index contributed by atoms with van der Waals surface area (Å²) in [5.74, 6) is -2.94. The number of nitrogens with one attached hydrogen (secondary N) is 1. The van der Waals surface area contributed by atoms with Crippen LogP contribution in [0.5, 0.6) is 0 Å². The van der Waals surface area contributed by atoms with Crippen molar-refractivity contribution in [1.29, 1.82) is 0 Å². The predicted octanol–water partition coefficient (Wildman–Crippen LogP) is 4.35. The third-order valence-corrected chi connectivity index (χ3v) is 9.07. The fourth-order valence-electron chi connectivity index (χ4n) is 5.28. The molecule has 0 spiro atoms. The molecule has 52 heavy (non-hydrogen) atoms. The number of H-pyrrole nitrogens is 1. The topological polar surface area (TPSA) is 182 Å². The Labute approximate surface area is 302 Å². The molecule has 0 aliphatic carbocycles. The molecule has 1 aliphatic rings. The summed E-state index contributed by atoms with van der Waals surface area (Å²) in [6.07, 6.45) is -4.14. The van der Waals surface area contributed by atoms with Gasteiger partial charge in [-0.3, -0.25) is 14.6 Å². The normalized spacial score (nSPS) is 18.6. The van der Waals surface area contributed by atoms with Crippen molar-refractivity contribution in [2.24, 2.45) is 0 Å². The van der Waals surface area contributed by atoms with Crippen molar-refractivity contribution in [2.75, 3.05) is 13.2 Å². The van der Waals surface area contributed by atoms with Gasteiger partial charge in [-0.15, -0.1) is 0 Å². The largest absolute Gasteiger partial charge is 0.465 e. The highest BCUT2D eigenvalue weighted by atomic mass is 32.2. The van der Waals surface area contributed by atoms with Crippen molar-refractivity contribution in [3.63, 3.8) is 0 Å². The zero-order chi connectivity index (χ0) is 37.0. The molecule has 1 saturated heterocycles. The van der Waals surface area contributed by atoms with E-state index in [1.807, 2.05) is 6.92 Å². The molecule has 15 heteroatoms. The number of esters is 4. The summed E-state index contributed by atoms with van der Waals surface area (Å²) in [5, 5.41) is 3.19. The van der Waals surface area contributed by atoms with Crippen LogP contribution in [0.25, 0.3) is 0 Å². The van der Waals surface area contributed by atoms with Crippen molar-refractivity contribution in [3.05, 3.63) is 129 Å². The number of hydrogen-bond acceptors (Lipinski definition) is 13. The van der Waals surface area contributed by atoms with Crippen LogP contribution < -0.4 is 11.2 Å². The molecule has 5 rings (SSSR count). The summed E-state index contributed by atoms with van der Waals surface area (Å²) in [7, 11) is 0. The Kier molecular flexibility index (Phi) is 13.1. The summed E-state index contributed by atoms with van der Waals surface area (Å²) < 4.78 is 29.5. The minimum atomic E-state index is -1.61. The van der Waals surface area contributed by atoms with Crippen LogP contribution in [0.4, 0.5) is 0 Å². The fraction of sp³-hybridized carbons (Fsp3) is 0.324. The van der Waals surface area contributed by atoms with Crippen molar-refractivity contribution in [1.82, 2.24) is 14.8 Å². The first-order valence-corrected chi connectivity index (χ1v) is 17.5. The minimum absolute atomic E-state index is 0.120. The average Bonchev–Trinajstić information content (AvgIpc) is 3.49. The third kappa shape index (κ3) is 9.41. The Morgan fingerprint density at radius 1 is 0.788 bits per heavy atom. The van der Waals surface area contributed by atoms with E-state index in [1.165, 1.54) is 24.3 Å². The van der Waals surface area contributed by atoms with Crippen molar-refractivity contribution >= 4 is 35.6 Å². The molecule has 3 aromatic carbocycles. The smallest absolute Gasteiger partial charge is 0.347 e. The monoisotopic (exact) mass is 731 g/mol. The summed E-state index contributed by atoms with van der Waals surface area (Å²) in [6, 6.07) is 24.1. The lowest BCUT2D eigenvalue weighted by Crippen LogP contribution is -2.44. The number of unbranched alkanes of at least 4 members (excludes halogenated alkanes) is 1. The second-order valence-corrected chi connectivity index (χ2v) is 12.7. The summed E-state index contributed by atoms with van der Waals surface area (Å²) in [5.41, 5.74) is -1.38. The summed E-state index contributed by atoms with van der Waals surface area (Å²) in [4.78, 5) is 81.3. The second-order valence-electron chi connectivity index (χ2n) is 11.5. The van der Waals surface area contributed by atoms with E-state index in [1.54, 1.807) is 73.7 Å². The average molecular weight is 732 g/mol. The van der Waals surface area contributed by atoms with Crippen LogP contribution in [0.15, 0.2) is 106 Å². The first kappa shape index (κ1) is 37.7. The standard InChI is InChI=1S/C37H37N3O11S/c1-3-5-21-27(36(45)47-4-2)52-31-30(41)38-37(46)40(39-31)32-29(51-35(44)25-19-13-8-14-20-25)28(50-34(43)24-17-11-7-12-18-24)26(49-32)22-48-33(42)23-15-9-6-10-16-23/h6-20,26-29,32H,3-5,21-22H2,1-2H3,(H,38,41,46)/t26-,27-,28+,29+,32+/m0/s1. The van der Waals surface area contributed by atoms with E-state index in [4.69, 9.17) is 23.7 Å². The first-order valence-electron chi connectivity index (χ1n) is 16.7. The lowest BCUT2D eigenvalue weighted by Gasteiger charge is -2.24. The molecule has 1 aromatic heterocycles. The van der Waals surface area contributed by atoms with Gasteiger partial charge in [0.2, 0.25) is 0 Å². The van der Waals surface area contributed by atoms with Gasteiger partial charge in [0.25, 0.3) is 5.56 Å². The van der Waals surface area contributed by atoms with Crippen molar-refractivity contribution in [2.45, 2.75) is 67.9 Å². The number of carbonyl (C=O) groups is 4. The van der Waals surface area contributed by atoms with Gasteiger partial charge in [0.05, 0.1) is 23.3 Å². The predicted molar refractivity (Wildman–Crippen MR) is 187 cm³/mol. The zero-order valence-electron chi connectivity index (χ0n) is 28.4. The molecule has 0 unspecified atom stereocenters. The fourth-order valence-corrected chi connectivity index (χ4v) is 6.30. The van der Waals surface area contributed by atoms with Crippen LogP contribution in [-0.2, 0) is 28.5 Å². The number of ether oxygens (including phenoxy) is 5. The molecular weight excluding hydrogens is 694 g/mol. The third-order valence-electron chi connectivity index (χ3n) is 7.86. The second kappa shape index (κ2) is 18.1. The number of aromatic nitrogens is 3. The number of rotatable bonds is 15. The molecule has 1 fully saturated rings. The molecule has 1 N–H and O–H groups in total. The van der Waals surface area contributed by atoms with E-state index in [9.17, 15) is 28.8 Å². The Hall–Kier alpha value is -5.54. The van der Waals surface area contributed by atoms with Gasteiger partial charge in [0.15, 0.2) is 23.5 Å². The van der Waals surface area contributed by atoms with Gasteiger partial charge in [0.1, 0.15) is 18.0 Å². The highest BCUT2D eigenvalue weighted by Gasteiger charge is 2.52. The maximum absolute atomic E-state index is 13.5. The number of nitrogens with zero attached hydrogens (tertiary/aromatic N) is 2. The highest BCUT2D eigenvalue weighted by Crippen LogP contribution is 2.35. The Morgan fingerprint density at radius 2 is 1.33 bits per heavy atom. The molecular formula is C37H37N3O11S. The van der Waals surface area contributed by atoms with Gasteiger partial charge in [-0.25, -0.2) is 19.2 Å². The van der Waals surface area contributed by atoms with Gasteiger partial charge in [0, 0.05) is 0 Å². The molecule has 272 valence electrons. The number of carbonyl (C=O) groups excluding carboxylic acids is 4. The van der Waals surface area contributed by atoms with E-state index in [2.05, 4.69) is 10.1 Å². The SMILES string of the molecule is CCCC[C@H](Sc1nn([C@@H]2O[C@@H](COC(=O)c3ccccc3)[C@@H](OC(=O)c3ccccc3)[C@H]2OC(=O)c2ccccc2)c(=O)[nH]c1=O)C(=O)OCC. The molecule has 0 amide bonds. The first-order chi connectivity index (χ1) is 25.2. The quantitative estimate of drug-likeness (QED) is 0.104. The van der Waals surface area contributed by atoms with Crippen molar-refractivity contribution in [3.8, 4) is 0 Å². The van der Waals surface area contributed by atoms with Crippen LogP contribution in [0.1, 0.15) is 70.4 Å². The lowest BCUT2D eigenvalue weighted by atomic mass is 10.1. The lowest BCUT2D eigenvalue weighted by molar-refractivity contribution is -0.142. The Balaban J connectivity index is 1.55. The van der Waals surface area contributed by atoms with Gasteiger partial charge in [-0.2, -0.15) is 9.78 Å². The maximum atomic E-state index is 13.5. The van der Waals surface area contributed by atoms with Crippen LogP contribution in [0.2, 0.25) is 0 Å². The van der Waals surface area contributed by atoms with Gasteiger partial charge in [-0.05, 0) is 49.7 Å². The molecule has 1 aliphatic heterocycles. The van der Waals surface area contributed by atoms with Gasteiger partial charge < -0.3 is 23.7 Å². The molecule has 0 saturated carbocycles. The molecule has 2 heterocycles. The van der Waals surface area contributed by atoms with Crippen LogP contribution in [0.3, 0.4) is 0 Å². The van der Waals surface area contributed by atoms with Crippen molar-refractivity contribution < 1.29 is 42.9 Å². The van der Waals surface area contributed by atoms with Crippen LogP contribution >= 0.6 is 11.8 Å². The Bertz CT molecular complexity index is 1950. The van der Waals surface area contributed by atoms with E-state index in [-0.39, 0.29) is 28.3 Å². The number of aromatic amines is 1. The van der Waals surface area contributed by atoms with E-state index < -0.39 is 71.5 Å². The van der Waals surface area contributed by atoms with E-state index >= 15 is 0 Å². The van der Waals surface area contributed by atoms with E-state index in [0.29, 0.717) is 12.8 Å². The van der Waals surface area contributed by atoms with Crippen LogP contribution in [-0.4, -0.2) is 75.4 Å². The molecule has 5 atom stereocenters. The zero-order valence-corrected chi connectivity index (χ0v) is 29.2. The maximum Gasteiger partial charge on any atom is 0.347 e.